The second-order valence-corrected chi connectivity index (χ2v) is 3.23. The Labute approximate surface area is 72.7 Å². The Morgan fingerprint density at radius 3 is 2.50 bits per heavy atom. The minimum absolute atomic E-state index is 0.244. The molecule has 1 rings (SSSR count). The van der Waals surface area contributed by atoms with Crippen LogP contribution in [-0.4, -0.2) is 18.0 Å². The van der Waals surface area contributed by atoms with Gasteiger partial charge >= 0.3 is 0 Å². The minimum atomic E-state index is -0.310. The van der Waals surface area contributed by atoms with Crippen LogP contribution in [0.1, 0.15) is 25.7 Å². The normalized spacial score (nSPS) is 29.0. The van der Waals surface area contributed by atoms with Crippen LogP contribution in [0.15, 0.2) is 0 Å². The van der Waals surface area contributed by atoms with Gasteiger partial charge in [-0.15, -0.1) is 6.42 Å². The van der Waals surface area contributed by atoms with Gasteiger partial charge in [-0.1, -0.05) is 0 Å². The first-order valence-electron chi connectivity index (χ1n) is 4.25. The van der Waals surface area contributed by atoms with Gasteiger partial charge in [0.25, 0.3) is 5.91 Å². The summed E-state index contributed by atoms with van der Waals surface area (Å²) in [7, 11) is 0. The Balaban J connectivity index is 2.27. The second-order valence-electron chi connectivity index (χ2n) is 3.23. The summed E-state index contributed by atoms with van der Waals surface area (Å²) in [5.74, 6) is 1.73. The molecule has 0 saturated heterocycles. The van der Waals surface area contributed by atoms with Gasteiger partial charge in [0.1, 0.15) is 0 Å². The first kappa shape index (κ1) is 9.08. The molecule has 0 heterocycles. The number of nitrogens with one attached hydrogen (secondary N) is 1. The van der Waals surface area contributed by atoms with Crippen molar-refractivity contribution in [3.05, 3.63) is 0 Å². The summed E-state index contributed by atoms with van der Waals surface area (Å²) in [5.41, 5.74) is 5.71. The van der Waals surface area contributed by atoms with Gasteiger partial charge in [-0.3, -0.25) is 4.79 Å². The highest BCUT2D eigenvalue weighted by Gasteiger charge is 2.18. The van der Waals surface area contributed by atoms with Gasteiger partial charge in [-0.25, -0.2) is 0 Å². The molecule has 0 bridgehead atoms. The molecule has 1 saturated carbocycles. The number of nitrogens with two attached hydrogens (primary N) is 1. The lowest BCUT2D eigenvalue weighted by molar-refractivity contribution is -0.116. The standard InChI is InChI=1S/C9H14N2O/c1-2-9(12)11-8-5-3-7(10)4-6-8/h1,7-8H,3-6,10H2,(H,11,12). The third kappa shape index (κ3) is 2.55. The Hall–Kier alpha value is -1.01. The Morgan fingerprint density at radius 1 is 1.42 bits per heavy atom. The molecular formula is C9H14N2O. The topological polar surface area (TPSA) is 55.1 Å². The molecule has 0 radical (unpaired) electrons. The van der Waals surface area contributed by atoms with E-state index in [2.05, 4.69) is 5.32 Å². The third-order valence-electron chi connectivity index (χ3n) is 2.24. The molecule has 0 aromatic carbocycles. The second kappa shape index (κ2) is 4.13. The number of amides is 1. The molecule has 0 aromatic rings. The zero-order valence-corrected chi connectivity index (χ0v) is 7.05. The van der Waals surface area contributed by atoms with Crippen LogP contribution in [0.25, 0.3) is 0 Å². The fraction of sp³-hybridized carbons (Fsp3) is 0.667. The van der Waals surface area contributed by atoms with Gasteiger partial charge in [0.05, 0.1) is 0 Å². The van der Waals surface area contributed by atoms with Crippen molar-refractivity contribution >= 4 is 5.91 Å². The van der Waals surface area contributed by atoms with E-state index in [9.17, 15) is 4.79 Å². The van der Waals surface area contributed by atoms with Gasteiger partial charge in [0.2, 0.25) is 0 Å². The molecule has 3 N–H and O–H groups in total. The number of rotatable bonds is 1. The molecule has 3 nitrogen and oxygen atoms in total. The number of hydrogen-bond donors (Lipinski definition) is 2. The Kier molecular flexibility index (Phi) is 3.12. The Morgan fingerprint density at radius 2 is 2.00 bits per heavy atom. The number of carbonyl (C=O) groups excluding carboxylic acids is 1. The van der Waals surface area contributed by atoms with Crippen molar-refractivity contribution in [3.8, 4) is 12.3 Å². The fourth-order valence-electron chi connectivity index (χ4n) is 1.49. The molecule has 12 heavy (non-hydrogen) atoms. The summed E-state index contributed by atoms with van der Waals surface area (Å²) < 4.78 is 0. The lowest BCUT2D eigenvalue weighted by atomic mass is 9.92. The van der Waals surface area contributed by atoms with Crippen LogP contribution < -0.4 is 11.1 Å². The predicted octanol–water partition coefficient (Wildman–Crippen LogP) is 0.00570. The van der Waals surface area contributed by atoms with E-state index in [1.807, 2.05) is 5.92 Å². The largest absolute Gasteiger partial charge is 0.343 e. The molecular weight excluding hydrogens is 152 g/mol. The molecule has 1 aliphatic carbocycles. The van der Waals surface area contributed by atoms with E-state index in [-0.39, 0.29) is 11.9 Å². The van der Waals surface area contributed by atoms with Crippen molar-refractivity contribution in [2.75, 3.05) is 0 Å². The molecule has 0 aliphatic heterocycles. The van der Waals surface area contributed by atoms with E-state index in [1.165, 1.54) is 0 Å². The maximum absolute atomic E-state index is 10.8. The van der Waals surface area contributed by atoms with Crippen molar-refractivity contribution in [2.45, 2.75) is 37.8 Å². The highest BCUT2D eigenvalue weighted by molar-refractivity contribution is 5.92. The SMILES string of the molecule is C#CC(=O)NC1CCC(N)CC1. The van der Waals surface area contributed by atoms with Crippen LogP contribution in [0.3, 0.4) is 0 Å². The molecule has 1 fully saturated rings. The average Bonchev–Trinajstić information content (AvgIpc) is 2.09. The average molecular weight is 166 g/mol. The summed E-state index contributed by atoms with van der Waals surface area (Å²) in [6, 6.07) is 0.553. The van der Waals surface area contributed by atoms with Gasteiger partial charge < -0.3 is 11.1 Å². The zero-order chi connectivity index (χ0) is 8.97. The molecule has 0 unspecified atom stereocenters. The highest BCUT2D eigenvalue weighted by atomic mass is 16.1. The fourth-order valence-corrected chi connectivity index (χ4v) is 1.49. The third-order valence-corrected chi connectivity index (χ3v) is 2.24. The molecule has 0 atom stereocenters. The maximum atomic E-state index is 10.8. The molecule has 1 amide bonds. The molecule has 66 valence electrons. The first-order valence-corrected chi connectivity index (χ1v) is 4.25. The van der Waals surface area contributed by atoms with Crippen LogP contribution in [0, 0.1) is 12.3 Å². The molecule has 0 aromatic heterocycles. The van der Waals surface area contributed by atoms with Crippen LogP contribution in [0.2, 0.25) is 0 Å². The van der Waals surface area contributed by atoms with Gasteiger partial charge in [0.15, 0.2) is 0 Å². The van der Waals surface area contributed by atoms with Crippen LogP contribution in [-0.2, 0) is 4.79 Å². The predicted molar refractivity (Wildman–Crippen MR) is 47.2 cm³/mol. The van der Waals surface area contributed by atoms with E-state index in [0.29, 0.717) is 6.04 Å². The molecule has 1 aliphatic rings. The van der Waals surface area contributed by atoms with Crippen LogP contribution in [0.5, 0.6) is 0 Å². The zero-order valence-electron chi connectivity index (χ0n) is 7.05. The van der Waals surface area contributed by atoms with E-state index in [0.717, 1.165) is 25.7 Å². The maximum Gasteiger partial charge on any atom is 0.295 e. The monoisotopic (exact) mass is 166 g/mol. The number of carbonyl (C=O) groups is 1. The highest BCUT2D eigenvalue weighted by Crippen LogP contribution is 2.16. The molecule has 3 heteroatoms. The summed E-state index contributed by atoms with van der Waals surface area (Å²) in [6.45, 7) is 0. The quantitative estimate of drug-likeness (QED) is 0.539. The number of hydrogen-bond acceptors (Lipinski definition) is 2. The summed E-state index contributed by atoms with van der Waals surface area (Å²) in [5, 5.41) is 2.76. The van der Waals surface area contributed by atoms with E-state index < -0.39 is 0 Å². The lowest BCUT2D eigenvalue weighted by Crippen LogP contribution is -2.39. The molecule has 0 spiro atoms. The lowest BCUT2D eigenvalue weighted by Gasteiger charge is -2.25. The van der Waals surface area contributed by atoms with Crippen LogP contribution >= 0.6 is 0 Å². The van der Waals surface area contributed by atoms with Crippen molar-refractivity contribution < 1.29 is 4.79 Å². The van der Waals surface area contributed by atoms with E-state index in [1.54, 1.807) is 0 Å². The number of terminal acetylenes is 1. The summed E-state index contributed by atoms with van der Waals surface area (Å²) >= 11 is 0. The smallest absolute Gasteiger partial charge is 0.295 e. The van der Waals surface area contributed by atoms with E-state index >= 15 is 0 Å². The van der Waals surface area contributed by atoms with Crippen molar-refractivity contribution in [2.24, 2.45) is 5.73 Å². The van der Waals surface area contributed by atoms with Crippen molar-refractivity contribution in [1.29, 1.82) is 0 Å². The van der Waals surface area contributed by atoms with Gasteiger partial charge in [0, 0.05) is 12.1 Å². The van der Waals surface area contributed by atoms with Crippen LogP contribution in [0.4, 0.5) is 0 Å². The Bertz CT molecular complexity index is 199. The summed E-state index contributed by atoms with van der Waals surface area (Å²) in [4.78, 5) is 10.8. The first-order chi connectivity index (χ1) is 5.72. The van der Waals surface area contributed by atoms with E-state index in [4.69, 9.17) is 12.2 Å². The van der Waals surface area contributed by atoms with Crippen molar-refractivity contribution in [1.82, 2.24) is 5.32 Å². The van der Waals surface area contributed by atoms with Gasteiger partial charge in [-0.2, -0.15) is 0 Å². The van der Waals surface area contributed by atoms with Gasteiger partial charge in [-0.05, 0) is 31.6 Å². The minimum Gasteiger partial charge on any atom is -0.343 e. The summed E-state index contributed by atoms with van der Waals surface area (Å²) in [6.07, 6.45) is 8.80. The van der Waals surface area contributed by atoms with Crippen molar-refractivity contribution in [3.63, 3.8) is 0 Å².